The summed E-state index contributed by atoms with van der Waals surface area (Å²) < 4.78 is 26.9. The number of hydrogen-bond acceptors (Lipinski definition) is 4. The van der Waals surface area contributed by atoms with Crippen LogP contribution in [0.1, 0.15) is 24.0 Å². The van der Waals surface area contributed by atoms with E-state index in [9.17, 15) is 8.42 Å². The van der Waals surface area contributed by atoms with Crippen molar-refractivity contribution in [2.24, 2.45) is 0 Å². The van der Waals surface area contributed by atoms with Crippen molar-refractivity contribution in [1.29, 1.82) is 0 Å². The van der Waals surface area contributed by atoms with Crippen LogP contribution in [0.2, 0.25) is 0 Å². The third-order valence-electron chi connectivity index (χ3n) is 3.35. The summed E-state index contributed by atoms with van der Waals surface area (Å²) in [6.07, 6.45) is 0.531. The zero-order chi connectivity index (χ0) is 13.5. The van der Waals surface area contributed by atoms with Crippen LogP contribution in [0.3, 0.4) is 0 Å². The Balaban J connectivity index is 2.27. The standard InChI is InChI=1S/C12H18N2O3S/c1-7-3-11(13)12(4-8(7)2)18(16,17)14-9-5-10(15)6-9/h3-4,9-10,14-15H,5-6,13H2,1-2H3. The average Bonchev–Trinajstić information content (AvgIpc) is 2.20. The SMILES string of the molecule is Cc1cc(N)c(S(=O)(=O)NC2CC(O)C2)cc1C. The number of benzene rings is 1. The van der Waals surface area contributed by atoms with Gasteiger partial charge in [0.25, 0.3) is 0 Å². The van der Waals surface area contributed by atoms with Gasteiger partial charge in [-0.2, -0.15) is 0 Å². The van der Waals surface area contributed by atoms with E-state index in [2.05, 4.69) is 4.72 Å². The van der Waals surface area contributed by atoms with Crippen LogP contribution >= 0.6 is 0 Å². The van der Waals surface area contributed by atoms with E-state index < -0.39 is 16.1 Å². The number of hydrogen-bond donors (Lipinski definition) is 3. The van der Waals surface area contributed by atoms with Crippen LogP contribution in [-0.4, -0.2) is 25.7 Å². The maximum Gasteiger partial charge on any atom is 0.242 e. The monoisotopic (exact) mass is 270 g/mol. The minimum absolute atomic E-state index is 0.118. The van der Waals surface area contributed by atoms with Crippen molar-refractivity contribution in [3.8, 4) is 0 Å². The number of aryl methyl sites for hydroxylation is 2. The maximum atomic E-state index is 12.2. The second-order valence-corrected chi connectivity index (χ2v) is 6.60. The van der Waals surface area contributed by atoms with E-state index in [4.69, 9.17) is 10.8 Å². The second-order valence-electron chi connectivity index (χ2n) is 4.92. The van der Waals surface area contributed by atoms with Crippen LogP contribution in [-0.2, 0) is 10.0 Å². The topological polar surface area (TPSA) is 92.4 Å². The van der Waals surface area contributed by atoms with E-state index in [0.717, 1.165) is 11.1 Å². The Morgan fingerprint density at radius 1 is 1.28 bits per heavy atom. The molecular formula is C12H18N2O3S. The third kappa shape index (κ3) is 2.50. The molecule has 1 aliphatic carbocycles. The van der Waals surface area contributed by atoms with Crippen LogP contribution < -0.4 is 10.5 Å². The van der Waals surface area contributed by atoms with Crippen LogP contribution in [0.15, 0.2) is 17.0 Å². The van der Waals surface area contributed by atoms with E-state index in [1.165, 1.54) is 0 Å². The molecule has 0 radical (unpaired) electrons. The van der Waals surface area contributed by atoms with E-state index in [1.807, 2.05) is 13.8 Å². The fourth-order valence-corrected chi connectivity index (χ4v) is 3.47. The van der Waals surface area contributed by atoms with Crippen molar-refractivity contribution in [3.63, 3.8) is 0 Å². The van der Waals surface area contributed by atoms with Crippen LogP contribution in [0, 0.1) is 13.8 Å². The summed E-state index contributed by atoms with van der Waals surface area (Å²) in [5.41, 5.74) is 7.88. The summed E-state index contributed by atoms with van der Waals surface area (Å²) in [5.74, 6) is 0. The van der Waals surface area contributed by atoms with Gasteiger partial charge in [-0.25, -0.2) is 13.1 Å². The Morgan fingerprint density at radius 2 is 1.83 bits per heavy atom. The number of nitrogens with one attached hydrogen (secondary N) is 1. The molecule has 0 unspecified atom stereocenters. The van der Waals surface area contributed by atoms with E-state index >= 15 is 0 Å². The smallest absolute Gasteiger partial charge is 0.242 e. The molecule has 4 N–H and O–H groups in total. The first-order valence-electron chi connectivity index (χ1n) is 5.86. The molecule has 0 aliphatic heterocycles. The maximum absolute atomic E-state index is 12.2. The molecule has 100 valence electrons. The number of aliphatic hydroxyl groups is 1. The molecule has 0 bridgehead atoms. The lowest BCUT2D eigenvalue weighted by atomic mass is 9.91. The molecule has 0 aromatic heterocycles. The zero-order valence-electron chi connectivity index (χ0n) is 10.5. The highest BCUT2D eigenvalue weighted by Gasteiger charge is 2.32. The number of aliphatic hydroxyl groups excluding tert-OH is 1. The van der Waals surface area contributed by atoms with Crippen molar-refractivity contribution < 1.29 is 13.5 Å². The van der Waals surface area contributed by atoms with Crippen molar-refractivity contribution >= 4 is 15.7 Å². The Bertz CT molecular complexity index is 563. The fourth-order valence-electron chi connectivity index (χ4n) is 2.01. The van der Waals surface area contributed by atoms with E-state index in [-0.39, 0.29) is 16.6 Å². The molecule has 0 heterocycles. The molecule has 18 heavy (non-hydrogen) atoms. The van der Waals surface area contributed by atoms with Gasteiger partial charge in [0.05, 0.1) is 11.8 Å². The highest BCUT2D eigenvalue weighted by molar-refractivity contribution is 7.89. The van der Waals surface area contributed by atoms with Gasteiger partial charge in [0, 0.05) is 6.04 Å². The lowest BCUT2D eigenvalue weighted by Crippen LogP contribution is -2.46. The van der Waals surface area contributed by atoms with Crippen LogP contribution in [0.5, 0.6) is 0 Å². The molecule has 1 aliphatic rings. The number of nitrogen functional groups attached to an aromatic ring is 1. The van der Waals surface area contributed by atoms with Gasteiger partial charge in [0.1, 0.15) is 4.90 Å². The summed E-state index contributed by atoms with van der Waals surface area (Å²) in [4.78, 5) is 0.118. The molecule has 1 saturated carbocycles. The van der Waals surface area contributed by atoms with Gasteiger partial charge in [0.2, 0.25) is 10.0 Å². The third-order valence-corrected chi connectivity index (χ3v) is 4.93. The Kier molecular flexibility index (Phi) is 3.35. The molecule has 5 nitrogen and oxygen atoms in total. The summed E-state index contributed by atoms with van der Waals surface area (Å²) in [6.45, 7) is 3.73. The molecule has 2 rings (SSSR count). The number of rotatable bonds is 3. The Morgan fingerprint density at radius 3 is 2.39 bits per heavy atom. The summed E-state index contributed by atoms with van der Waals surface area (Å²) in [5, 5.41) is 9.16. The van der Waals surface area contributed by atoms with Gasteiger partial charge in [-0.05, 0) is 49.9 Å². The minimum Gasteiger partial charge on any atom is -0.398 e. The quantitative estimate of drug-likeness (QED) is 0.704. The number of sulfonamides is 1. The first kappa shape index (κ1) is 13.3. The van der Waals surface area contributed by atoms with Gasteiger partial charge in [-0.1, -0.05) is 0 Å². The summed E-state index contributed by atoms with van der Waals surface area (Å²) in [7, 11) is -3.60. The zero-order valence-corrected chi connectivity index (χ0v) is 11.3. The molecule has 0 atom stereocenters. The normalized spacial score (nSPS) is 23.7. The van der Waals surface area contributed by atoms with Gasteiger partial charge in [-0.3, -0.25) is 0 Å². The Labute approximate surface area is 107 Å². The summed E-state index contributed by atoms with van der Waals surface area (Å²) >= 11 is 0. The predicted octanol–water partition coefficient (Wildman–Crippen LogP) is 0.687. The fraction of sp³-hybridized carbons (Fsp3) is 0.500. The van der Waals surface area contributed by atoms with Gasteiger partial charge >= 0.3 is 0 Å². The van der Waals surface area contributed by atoms with Crippen molar-refractivity contribution in [2.45, 2.75) is 43.7 Å². The molecule has 1 aromatic rings. The van der Waals surface area contributed by atoms with E-state index in [1.54, 1.807) is 12.1 Å². The van der Waals surface area contributed by atoms with Crippen LogP contribution in [0.25, 0.3) is 0 Å². The van der Waals surface area contributed by atoms with Crippen molar-refractivity contribution in [2.75, 3.05) is 5.73 Å². The van der Waals surface area contributed by atoms with Crippen LogP contribution in [0.4, 0.5) is 5.69 Å². The Hall–Kier alpha value is -1.11. The minimum atomic E-state index is -3.60. The first-order valence-corrected chi connectivity index (χ1v) is 7.35. The van der Waals surface area contributed by atoms with Crippen molar-refractivity contribution in [1.82, 2.24) is 4.72 Å². The van der Waals surface area contributed by atoms with Gasteiger partial charge < -0.3 is 10.8 Å². The van der Waals surface area contributed by atoms with Gasteiger partial charge in [-0.15, -0.1) is 0 Å². The van der Waals surface area contributed by atoms with E-state index in [0.29, 0.717) is 12.8 Å². The highest BCUT2D eigenvalue weighted by Crippen LogP contribution is 2.26. The molecule has 0 amide bonds. The number of anilines is 1. The lowest BCUT2D eigenvalue weighted by Gasteiger charge is -2.31. The first-order chi connectivity index (χ1) is 8.29. The lowest BCUT2D eigenvalue weighted by molar-refractivity contribution is 0.0712. The average molecular weight is 270 g/mol. The largest absolute Gasteiger partial charge is 0.398 e. The molecule has 0 saturated heterocycles. The van der Waals surface area contributed by atoms with Crippen molar-refractivity contribution in [3.05, 3.63) is 23.3 Å². The van der Waals surface area contributed by atoms with Gasteiger partial charge in [0.15, 0.2) is 0 Å². The second kappa shape index (κ2) is 4.53. The molecule has 0 spiro atoms. The molecule has 1 fully saturated rings. The molecular weight excluding hydrogens is 252 g/mol. The molecule has 6 heteroatoms. The number of nitrogens with two attached hydrogens (primary N) is 1. The summed E-state index contributed by atoms with van der Waals surface area (Å²) in [6, 6.07) is 3.06. The predicted molar refractivity (Wildman–Crippen MR) is 69.7 cm³/mol. The molecule has 1 aromatic carbocycles. The highest BCUT2D eigenvalue weighted by atomic mass is 32.2.